The zero-order valence-corrected chi connectivity index (χ0v) is 15.1. The zero-order valence-electron chi connectivity index (χ0n) is 15.1. The van der Waals surface area contributed by atoms with E-state index >= 15 is 0 Å². The second-order valence-corrected chi connectivity index (χ2v) is 5.93. The van der Waals surface area contributed by atoms with E-state index in [0.29, 0.717) is 12.3 Å². The number of para-hydroxylation sites is 1. The second kappa shape index (κ2) is 9.29. The molecule has 0 heterocycles. The van der Waals surface area contributed by atoms with Crippen LogP contribution in [-0.2, 0) is 11.3 Å². The molecule has 0 aliphatic rings. The molecule has 3 rings (SSSR count). The van der Waals surface area contributed by atoms with Crippen LogP contribution in [-0.4, -0.2) is 19.6 Å². The molecular weight excluding hydrogens is 340 g/mol. The zero-order chi connectivity index (χ0) is 18.9. The molecule has 0 unspecified atom stereocenters. The molecule has 1 amide bonds. The Morgan fingerprint density at radius 2 is 1.48 bits per heavy atom. The van der Waals surface area contributed by atoms with E-state index in [-0.39, 0.29) is 12.5 Å². The van der Waals surface area contributed by atoms with Crippen molar-refractivity contribution in [1.29, 1.82) is 0 Å². The van der Waals surface area contributed by atoms with Gasteiger partial charge < -0.3 is 20.1 Å². The van der Waals surface area contributed by atoms with Crippen molar-refractivity contribution in [2.45, 2.75) is 6.54 Å². The van der Waals surface area contributed by atoms with E-state index < -0.39 is 0 Å². The highest BCUT2D eigenvalue weighted by molar-refractivity contribution is 5.91. The summed E-state index contributed by atoms with van der Waals surface area (Å²) in [4.78, 5) is 11.9. The van der Waals surface area contributed by atoms with Gasteiger partial charge in [0, 0.05) is 17.9 Å². The minimum atomic E-state index is -0.188. The summed E-state index contributed by atoms with van der Waals surface area (Å²) in [5.41, 5.74) is 2.90. The Balaban J connectivity index is 1.44. The molecule has 27 heavy (non-hydrogen) atoms. The largest absolute Gasteiger partial charge is 0.497 e. The number of nitrogens with one attached hydrogen (secondary N) is 2. The highest BCUT2D eigenvalue weighted by atomic mass is 16.5. The van der Waals surface area contributed by atoms with Crippen LogP contribution in [0.25, 0.3) is 0 Å². The average Bonchev–Trinajstić information content (AvgIpc) is 2.72. The Labute approximate surface area is 158 Å². The molecule has 0 fully saturated rings. The van der Waals surface area contributed by atoms with Crippen molar-refractivity contribution >= 4 is 17.3 Å². The third kappa shape index (κ3) is 5.78. The van der Waals surface area contributed by atoms with E-state index in [1.807, 2.05) is 78.9 Å². The third-order valence-corrected chi connectivity index (χ3v) is 3.94. The Morgan fingerprint density at radius 3 is 2.15 bits per heavy atom. The number of benzene rings is 3. The van der Waals surface area contributed by atoms with Crippen molar-refractivity contribution < 1.29 is 14.3 Å². The second-order valence-electron chi connectivity index (χ2n) is 5.93. The smallest absolute Gasteiger partial charge is 0.262 e. The highest BCUT2D eigenvalue weighted by Gasteiger charge is 2.04. The Bertz CT molecular complexity index is 847. The maximum absolute atomic E-state index is 11.9. The molecule has 3 aromatic carbocycles. The van der Waals surface area contributed by atoms with Crippen molar-refractivity contribution in [3.8, 4) is 11.5 Å². The minimum Gasteiger partial charge on any atom is -0.497 e. The fourth-order valence-electron chi connectivity index (χ4n) is 2.48. The van der Waals surface area contributed by atoms with E-state index in [9.17, 15) is 4.79 Å². The molecule has 5 heteroatoms. The van der Waals surface area contributed by atoms with Gasteiger partial charge in [0.05, 0.1) is 7.11 Å². The topological polar surface area (TPSA) is 59.6 Å². The van der Waals surface area contributed by atoms with Gasteiger partial charge in [-0.15, -0.1) is 0 Å². The van der Waals surface area contributed by atoms with Gasteiger partial charge in [0.1, 0.15) is 11.5 Å². The number of hydrogen-bond donors (Lipinski definition) is 2. The van der Waals surface area contributed by atoms with Crippen LogP contribution in [0.15, 0.2) is 78.9 Å². The van der Waals surface area contributed by atoms with Gasteiger partial charge in [-0.05, 0) is 54.1 Å². The number of ether oxygens (including phenoxy) is 2. The predicted octanol–water partition coefficient (Wildman–Crippen LogP) is 4.32. The van der Waals surface area contributed by atoms with Crippen LogP contribution in [0.3, 0.4) is 0 Å². The number of carbonyl (C=O) groups excluding carboxylic acids is 1. The lowest BCUT2D eigenvalue weighted by atomic mass is 10.2. The quantitative estimate of drug-likeness (QED) is 0.626. The number of rotatable bonds is 8. The summed E-state index contributed by atoms with van der Waals surface area (Å²) in [5.74, 6) is 1.30. The van der Waals surface area contributed by atoms with E-state index in [2.05, 4.69) is 10.6 Å². The molecule has 0 saturated heterocycles. The van der Waals surface area contributed by atoms with E-state index in [1.54, 1.807) is 7.11 Å². The van der Waals surface area contributed by atoms with Crippen LogP contribution < -0.4 is 20.1 Å². The first-order valence-electron chi connectivity index (χ1n) is 8.67. The molecule has 2 N–H and O–H groups in total. The number of hydrogen-bond acceptors (Lipinski definition) is 4. The standard InChI is InChI=1S/C22H22N2O3/c1-26-20-13-9-18(10-14-20)23-15-17-7-11-21(12-8-17)27-16-22(25)24-19-5-3-2-4-6-19/h2-14,23H,15-16H2,1H3,(H,24,25). The lowest BCUT2D eigenvalue weighted by Gasteiger charge is -2.10. The predicted molar refractivity (Wildman–Crippen MR) is 107 cm³/mol. The Kier molecular flexibility index (Phi) is 6.30. The molecule has 3 aromatic rings. The third-order valence-electron chi connectivity index (χ3n) is 3.94. The fourth-order valence-corrected chi connectivity index (χ4v) is 2.48. The molecule has 0 bridgehead atoms. The Morgan fingerprint density at radius 1 is 0.815 bits per heavy atom. The number of methoxy groups -OCH3 is 1. The molecule has 0 saturated carbocycles. The SMILES string of the molecule is COc1ccc(NCc2ccc(OCC(=O)Nc3ccccc3)cc2)cc1. The van der Waals surface area contributed by atoms with Crippen LogP contribution in [0.4, 0.5) is 11.4 Å². The summed E-state index contributed by atoms with van der Waals surface area (Å²) in [5, 5.41) is 6.14. The summed E-state index contributed by atoms with van der Waals surface area (Å²) >= 11 is 0. The summed E-state index contributed by atoms with van der Waals surface area (Å²) < 4.78 is 10.7. The summed E-state index contributed by atoms with van der Waals surface area (Å²) in [7, 11) is 1.65. The van der Waals surface area contributed by atoms with Gasteiger partial charge in [0.15, 0.2) is 6.61 Å². The normalized spacial score (nSPS) is 10.1. The first kappa shape index (κ1) is 18.3. The number of anilines is 2. The van der Waals surface area contributed by atoms with Gasteiger partial charge in [-0.2, -0.15) is 0 Å². The molecule has 0 radical (unpaired) electrons. The average molecular weight is 362 g/mol. The molecule has 0 aliphatic heterocycles. The van der Waals surface area contributed by atoms with Crippen molar-refractivity contribution in [2.75, 3.05) is 24.4 Å². The lowest BCUT2D eigenvalue weighted by Crippen LogP contribution is -2.20. The number of amides is 1. The summed E-state index contributed by atoms with van der Waals surface area (Å²) in [6.45, 7) is 0.666. The van der Waals surface area contributed by atoms with Gasteiger partial charge in [-0.3, -0.25) is 4.79 Å². The lowest BCUT2D eigenvalue weighted by molar-refractivity contribution is -0.118. The molecule has 138 valence electrons. The minimum absolute atomic E-state index is 0.0294. The van der Waals surface area contributed by atoms with Crippen LogP contribution in [0.2, 0.25) is 0 Å². The molecule has 0 spiro atoms. The highest BCUT2D eigenvalue weighted by Crippen LogP contribution is 2.17. The monoisotopic (exact) mass is 362 g/mol. The first-order valence-corrected chi connectivity index (χ1v) is 8.67. The van der Waals surface area contributed by atoms with Gasteiger partial charge in [0.25, 0.3) is 5.91 Å². The van der Waals surface area contributed by atoms with Crippen molar-refractivity contribution in [3.63, 3.8) is 0 Å². The molecular formula is C22H22N2O3. The summed E-state index contributed by atoms with van der Waals surface area (Å²) in [6, 6.07) is 24.8. The summed E-state index contributed by atoms with van der Waals surface area (Å²) in [6.07, 6.45) is 0. The van der Waals surface area contributed by atoms with Crippen LogP contribution in [0.1, 0.15) is 5.56 Å². The van der Waals surface area contributed by atoms with E-state index in [1.165, 1.54) is 0 Å². The first-order chi connectivity index (χ1) is 13.2. The van der Waals surface area contributed by atoms with Crippen LogP contribution in [0.5, 0.6) is 11.5 Å². The number of carbonyl (C=O) groups is 1. The maximum Gasteiger partial charge on any atom is 0.262 e. The molecule has 0 aromatic heterocycles. The van der Waals surface area contributed by atoms with E-state index in [0.717, 1.165) is 22.7 Å². The van der Waals surface area contributed by atoms with Crippen molar-refractivity contribution in [3.05, 3.63) is 84.4 Å². The Hall–Kier alpha value is -3.47. The van der Waals surface area contributed by atoms with Gasteiger partial charge in [-0.25, -0.2) is 0 Å². The maximum atomic E-state index is 11.9. The van der Waals surface area contributed by atoms with Gasteiger partial charge >= 0.3 is 0 Å². The van der Waals surface area contributed by atoms with Gasteiger partial charge in [-0.1, -0.05) is 30.3 Å². The van der Waals surface area contributed by atoms with Crippen LogP contribution in [0, 0.1) is 0 Å². The fraction of sp³-hybridized carbons (Fsp3) is 0.136. The molecule has 0 atom stereocenters. The molecule has 0 aliphatic carbocycles. The van der Waals surface area contributed by atoms with Crippen molar-refractivity contribution in [1.82, 2.24) is 0 Å². The van der Waals surface area contributed by atoms with E-state index in [4.69, 9.17) is 9.47 Å². The molecule has 5 nitrogen and oxygen atoms in total. The van der Waals surface area contributed by atoms with Crippen LogP contribution >= 0.6 is 0 Å². The van der Waals surface area contributed by atoms with Gasteiger partial charge in [0.2, 0.25) is 0 Å². The van der Waals surface area contributed by atoms with Crippen molar-refractivity contribution in [2.24, 2.45) is 0 Å².